The van der Waals surface area contributed by atoms with Crippen molar-refractivity contribution in [2.45, 2.75) is 12.5 Å². The average Bonchev–Trinajstić information content (AvgIpc) is 2.29. The Balaban J connectivity index is 2.35. The van der Waals surface area contributed by atoms with E-state index in [1.165, 1.54) is 12.3 Å². The van der Waals surface area contributed by atoms with Gasteiger partial charge in [0.25, 0.3) is 0 Å². The summed E-state index contributed by atoms with van der Waals surface area (Å²) in [7, 11) is 1.60. The minimum atomic E-state index is -0.259. The van der Waals surface area contributed by atoms with Crippen LogP contribution in [0.2, 0.25) is 0 Å². The van der Waals surface area contributed by atoms with E-state index in [2.05, 4.69) is 15.9 Å². The number of methoxy groups -OCH3 is 1. The van der Waals surface area contributed by atoms with E-state index >= 15 is 0 Å². The molecule has 1 aliphatic heterocycles. The summed E-state index contributed by atoms with van der Waals surface area (Å²) >= 11 is 3.39. The lowest BCUT2D eigenvalue weighted by Gasteiger charge is -2.21. The van der Waals surface area contributed by atoms with Gasteiger partial charge in [-0.25, -0.2) is 0 Å². The number of carbonyl (C=O) groups excluding carboxylic acids is 1. The number of carbonyl (C=O) groups is 1. The number of halogens is 1. The molecule has 1 aromatic rings. The van der Waals surface area contributed by atoms with Crippen molar-refractivity contribution in [3.05, 3.63) is 40.6 Å². The molecule has 1 atom stereocenters. The van der Waals surface area contributed by atoms with Gasteiger partial charge in [-0.3, -0.25) is 4.79 Å². The summed E-state index contributed by atoms with van der Waals surface area (Å²) in [5.74, 6) is 0.801. The molecule has 0 fully saturated rings. The van der Waals surface area contributed by atoms with Crippen molar-refractivity contribution >= 4 is 21.7 Å². The summed E-state index contributed by atoms with van der Waals surface area (Å²) in [5, 5.41) is 0. The fourth-order valence-electron chi connectivity index (χ4n) is 1.65. The van der Waals surface area contributed by atoms with Crippen LogP contribution in [0.5, 0.6) is 5.75 Å². The maximum Gasteiger partial charge on any atom is 0.162 e. The third kappa shape index (κ3) is 2.27. The van der Waals surface area contributed by atoms with Crippen molar-refractivity contribution in [3.63, 3.8) is 0 Å². The standard InChI is InChI=1S/C12H11BrO3/c1-15-11-3-2-8(13)6-10(11)12-7-9(14)4-5-16-12/h2-6,12H,7H2,1H3. The molecular formula is C12H11BrO3. The van der Waals surface area contributed by atoms with Crippen LogP contribution in [0.4, 0.5) is 0 Å². The second-order valence-corrected chi connectivity index (χ2v) is 4.40. The summed E-state index contributed by atoms with van der Waals surface area (Å²) in [6, 6.07) is 5.66. The lowest BCUT2D eigenvalue weighted by Crippen LogP contribution is -2.12. The number of hydrogen-bond acceptors (Lipinski definition) is 3. The number of hydrogen-bond donors (Lipinski definition) is 0. The molecule has 1 aromatic carbocycles. The van der Waals surface area contributed by atoms with Crippen molar-refractivity contribution in [1.82, 2.24) is 0 Å². The molecule has 1 unspecified atom stereocenters. The summed E-state index contributed by atoms with van der Waals surface area (Å²) in [6.07, 6.45) is 2.98. The molecule has 16 heavy (non-hydrogen) atoms. The zero-order valence-corrected chi connectivity index (χ0v) is 10.4. The molecule has 0 saturated heterocycles. The van der Waals surface area contributed by atoms with Gasteiger partial charge in [0.15, 0.2) is 5.78 Å². The second kappa shape index (κ2) is 4.70. The van der Waals surface area contributed by atoms with E-state index in [1.807, 2.05) is 18.2 Å². The lowest BCUT2D eigenvalue weighted by molar-refractivity contribution is -0.118. The predicted octanol–water partition coefficient (Wildman–Crippen LogP) is 3.00. The van der Waals surface area contributed by atoms with Gasteiger partial charge in [0, 0.05) is 16.1 Å². The van der Waals surface area contributed by atoms with Crippen molar-refractivity contribution in [2.75, 3.05) is 7.11 Å². The van der Waals surface area contributed by atoms with E-state index in [4.69, 9.17) is 9.47 Å². The Morgan fingerprint density at radius 2 is 2.31 bits per heavy atom. The van der Waals surface area contributed by atoms with E-state index in [9.17, 15) is 4.79 Å². The lowest BCUT2D eigenvalue weighted by atomic mass is 10.0. The summed E-state index contributed by atoms with van der Waals surface area (Å²) in [4.78, 5) is 11.3. The van der Waals surface area contributed by atoms with Gasteiger partial charge in [-0.15, -0.1) is 0 Å². The molecule has 3 nitrogen and oxygen atoms in total. The molecule has 1 aliphatic rings. The van der Waals surface area contributed by atoms with Crippen LogP contribution in [-0.2, 0) is 9.53 Å². The molecule has 1 heterocycles. The van der Waals surface area contributed by atoms with E-state index in [0.717, 1.165) is 15.8 Å². The average molecular weight is 283 g/mol. The van der Waals surface area contributed by atoms with Gasteiger partial charge in [0.05, 0.1) is 19.8 Å². The van der Waals surface area contributed by atoms with Crippen LogP contribution in [0.3, 0.4) is 0 Å². The SMILES string of the molecule is COc1ccc(Br)cc1C1CC(=O)C=CO1. The first-order valence-corrected chi connectivity index (χ1v) is 5.68. The van der Waals surface area contributed by atoms with Gasteiger partial charge in [-0.2, -0.15) is 0 Å². The van der Waals surface area contributed by atoms with Crippen molar-refractivity contribution in [1.29, 1.82) is 0 Å². The molecule has 0 saturated carbocycles. The Morgan fingerprint density at radius 3 is 3.00 bits per heavy atom. The van der Waals surface area contributed by atoms with Gasteiger partial charge >= 0.3 is 0 Å². The Labute approximate surface area is 102 Å². The predicted molar refractivity (Wildman–Crippen MR) is 63.3 cm³/mol. The number of ketones is 1. The maximum absolute atomic E-state index is 11.3. The van der Waals surface area contributed by atoms with Crippen LogP contribution in [-0.4, -0.2) is 12.9 Å². The van der Waals surface area contributed by atoms with Gasteiger partial charge in [-0.1, -0.05) is 15.9 Å². The van der Waals surface area contributed by atoms with E-state index in [-0.39, 0.29) is 11.9 Å². The van der Waals surface area contributed by atoms with Crippen molar-refractivity contribution in [2.24, 2.45) is 0 Å². The molecular weight excluding hydrogens is 272 g/mol. The van der Waals surface area contributed by atoms with Gasteiger partial charge in [-0.05, 0) is 18.2 Å². The fourth-order valence-corrected chi connectivity index (χ4v) is 2.03. The van der Waals surface area contributed by atoms with Crippen molar-refractivity contribution < 1.29 is 14.3 Å². The summed E-state index contributed by atoms with van der Waals surface area (Å²) < 4.78 is 11.6. The molecule has 0 bridgehead atoms. The van der Waals surface area contributed by atoms with Gasteiger partial charge < -0.3 is 9.47 Å². The van der Waals surface area contributed by atoms with Gasteiger partial charge in [0.1, 0.15) is 11.9 Å². The first kappa shape index (κ1) is 11.2. The zero-order valence-electron chi connectivity index (χ0n) is 8.77. The Hall–Kier alpha value is -1.29. The highest BCUT2D eigenvalue weighted by Gasteiger charge is 2.22. The number of ether oxygens (including phenoxy) is 2. The molecule has 2 rings (SSSR count). The largest absolute Gasteiger partial charge is 0.496 e. The van der Waals surface area contributed by atoms with Crippen LogP contribution in [0, 0.1) is 0 Å². The first-order chi connectivity index (χ1) is 7.70. The molecule has 0 aromatic heterocycles. The normalized spacial score (nSPS) is 19.4. The Kier molecular flexibility index (Phi) is 3.29. The Bertz CT molecular complexity index is 440. The minimum absolute atomic E-state index is 0.0679. The highest BCUT2D eigenvalue weighted by molar-refractivity contribution is 9.10. The van der Waals surface area contributed by atoms with Crippen molar-refractivity contribution in [3.8, 4) is 5.75 Å². The molecule has 0 N–H and O–H groups in total. The third-order valence-corrected chi connectivity index (χ3v) is 2.92. The molecule has 84 valence electrons. The van der Waals surface area contributed by atoms with Crippen LogP contribution >= 0.6 is 15.9 Å². The van der Waals surface area contributed by atoms with E-state index in [1.54, 1.807) is 7.11 Å². The third-order valence-electron chi connectivity index (χ3n) is 2.42. The topological polar surface area (TPSA) is 35.5 Å². The summed E-state index contributed by atoms with van der Waals surface area (Å²) in [5.41, 5.74) is 0.884. The zero-order chi connectivity index (χ0) is 11.5. The highest BCUT2D eigenvalue weighted by atomic mass is 79.9. The molecule has 0 radical (unpaired) electrons. The minimum Gasteiger partial charge on any atom is -0.496 e. The molecule has 0 spiro atoms. The summed E-state index contributed by atoms with van der Waals surface area (Å²) in [6.45, 7) is 0. The maximum atomic E-state index is 11.3. The fraction of sp³-hybridized carbons (Fsp3) is 0.250. The first-order valence-electron chi connectivity index (χ1n) is 4.89. The molecule has 4 heteroatoms. The number of rotatable bonds is 2. The van der Waals surface area contributed by atoms with E-state index in [0.29, 0.717) is 6.42 Å². The van der Waals surface area contributed by atoms with Crippen LogP contribution in [0.15, 0.2) is 35.0 Å². The molecule has 0 aliphatic carbocycles. The number of benzene rings is 1. The molecule has 0 amide bonds. The smallest absolute Gasteiger partial charge is 0.162 e. The van der Waals surface area contributed by atoms with Gasteiger partial charge in [0.2, 0.25) is 0 Å². The second-order valence-electron chi connectivity index (χ2n) is 3.48. The highest BCUT2D eigenvalue weighted by Crippen LogP contribution is 2.34. The van der Waals surface area contributed by atoms with E-state index < -0.39 is 0 Å². The Morgan fingerprint density at radius 1 is 1.50 bits per heavy atom. The van der Waals surface area contributed by atoms with Crippen LogP contribution < -0.4 is 4.74 Å². The van der Waals surface area contributed by atoms with Crippen LogP contribution in [0.1, 0.15) is 18.1 Å². The quantitative estimate of drug-likeness (QED) is 0.837. The number of allylic oxidation sites excluding steroid dienone is 1. The van der Waals surface area contributed by atoms with Crippen LogP contribution in [0.25, 0.3) is 0 Å². The monoisotopic (exact) mass is 282 g/mol.